The Morgan fingerprint density at radius 1 is 1.32 bits per heavy atom. The van der Waals surface area contributed by atoms with Gasteiger partial charge < -0.3 is 14.2 Å². The second-order valence-electron chi connectivity index (χ2n) is 5.78. The van der Waals surface area contributed by atoms with Crippen molar-refractivity contribution < 1.29 is 9.53 Å². The van der Waals surface area contributed by atoms with Gasteiger partial charge in [0.25, 0.3) is 5.91 Å². The lowest BCUT2D eigenvalue weighted by atomic mass is 10.1. The highest BCUT2D eigenvalue weighted by Gasteiger charge is 2.29. The molecule has 0 saturated carbocycles. The normalized spacial score (nSPS) is 18.5. The highest BCUT2D eigenvalue weighted by atomic mass is 16.5. The molecule has 0 N–H and O–H groups in total. The molecule has 5 heteroatoms. The first-order valence-electron chi connectivity index (χ1n) is 7.52. The predicted molar refractivity (Wildman–Crippen MR) is 83.7 cm³/mol. The maximum absolute atomic E-state index is 12.7. The van der Waals surface area contributed by atoms with Crippen molar-refractivity contribution in [2.24, 2.45) is 7.05 Å². The SMILES string of the molecule is Cc1cn(C)c([C@H]2CN(C(=O)c3ccccc3C)CCO2)n1. The summed E-state index contributed by atoms with van der Waals surface area (Å²) in [6.45, 7) is 5.62. The third-order valence-electron chi connectivity index (χ3n) is 4.05. The van der Waals surface area contributed by atoms with Crippen LogP contribution in [0.2, 0.25) is 0 Å². The van der Waals surface area contributed by atoms with Crippen LogP contribution in [0, 0.1) is 13.8 Å². The summed E-state index contributed by atoms with van der Waals surface area (Å²) in [5.41, 5.74) is 2.73. The summed E-state index contributed by atoms with van der Waals surface area (Å²) < 4.78 is 7.80. The molecule has 0 spiro atoms. The van der Waals surface area contributed by atoms with Crippen LogP contribution in [0.3, 0.4) is 0 Å². The smallest absolute Gasteiger partial charge is 0.254 e. The average Bonchev–Trinajstić information content (AvgIpc) is 2.86. The van der Waals surface area contributed by atoms with Crippen LogP contribution < -0.4 is 0 Å². The third-order valence-corrected chi connectivity index (χ3v) is 4.05. The lowest BCUT2D eigenvalue weighted by Gasteiger charge is -2.33. The zero-order chi connectivity index (χ0) is 15.7. The van der Waals surface area contributed by atoms with Gasteiger partial charge in [0.15, 0.2) is 0 Å². The summed E-state index contributed by atoms with van der Waals surface area (Å²) >= 11 is 0. The molecule has 0 radical (unpaired) electrons. The molecular weight excluding hydrogens is 278 g/mol. The van der Waals surface area contributed by atoms with Crippen LogP contribution in [0.1, 0.15) is 33.5 Å². The molecule has 5 nitrogen and oxygen atoms in total. The monoisotopic (exact) mass is 299 g/mol. The van der Waals surface area contributed by atoms with Crippen LogP contribution in [0.4, 0.5) is 0 Å². The van der Waals surface area contributed by atoms with Crippen molar-refractivity contribution in [3.8, 4) is 0 Å². The number of hydrogen-bond donors (Lipinski definition) is 0. The second-order valence-corrected chi connectivity index (χ2v) is 5.78. The zero-order valence-corrected chi connectivity index (χ0v) is 13.2. The van der Waals surface area contributed by atoms with Gasteiger partial charge >= 0.3 is 0 Å². The number of hydrogen-bond acceptors (Lipinski definition) is 3. The summed E-state index contributed by atoms with van der Waals surface area (Å²) in [5.74, 6) is 0.942. The van der Waals surface area contributed by atoms with E-state index in [0.717, 1.165) is 22.6 Å². The van der Waals surface area contributed by atoms with Gasteiger partial charge in [-0.1, -0.05) is 18.2 Å². The maximum Gasteiger partial charge on any atom is 0.254 e. The van der Waals surface area contributed by atoms with E-state index < -0.39 is 0 Å². The van der Waals surface area contributed by atoms with Crippen LogP contribution in [0.15, 0.2) is 30.5 Å². The first-order valence-corrected chi connectivity index (χ1v) is 7.52. The van der Waals surface area contributed by atoms with Crippen LogP contribution >= 0.6 is 0 Å². The molecule has 0 unspecified atom stereocenters. The molecule has 1 amide bonds. The fraction of sp³-hybridized carbons (Fsp3) is 0.412. The Morgan fingerprint density at radius 2 is 2.09 bits per heavy atom. The van der Waals surface area contributed by atoms with Crippen molar-refractivity contribution in [2.75, 3.05) is 19.7 Å². The summed E-state index contributed by atoms with van der Waals surface area (Å²) in [7, 11) is 1.96. The lowest BCUT2D eigenvalue weighted by Crippen LogP contribution is -2.43. The molecule has 2 heterocycles. The standard InChI is InChI=1S/C17H21N3O2/c1-12-6-4-5-7-14(12)17(21)20-8-9-22-15(11-20)16-18-13(2)10-19(16)3/h4-7,10,15H,8-9,11H2,1-3H3/t15-/m1/s1. The van der Waals surface area contributed by atoms with E-state index >= 15 is 0 Å². The maximum atomic E-state index is 12.7. The van der Waals surface area contributed by atoms with E-state index in [9.17, 15) is 4.79 Å². The zero-order valence-electron chi connectivity index (χ0n) is 13.2. The van der Waals surface area contributed by atoms with Crippen molar-refractivity contribution in [1.82, 2.24) is 14.5 Å². The number of imidazole rings is 1. The minimum absolute atomic E-state index is 0.0670. The summed E-state index contributed by atoms with van der Waals surface area (Å²) in [5, 5.41) is 0. The molecule has 2 aromatic rings. The molecule has 3 rings (SSSR count). The molecule has 0 aliphatic carbocycles. The first-order chi connectivity index (χ1) is 10.6. The van der Waals surface area contributed by atoms with E-state index in [2.05, 4.69) is 4.98 Å². The summed E-state index contributed by atoms with van der Waals surface area (Å²) in [6.07, 6.45) is 1.81. The average molecular weight is 299 g/mol. The van der Waals surface area contributed by atoms with Gasteiger partial charge in [0.05, 0.1) is 18.8 Å². The number of morpholine rings is 1. The molecule has 0 bridgehead atoms. The Hall–Kier alpha value is -2.14. The first kappa shape index (κ1) is 14.8. The number of carbonyl (C=O) groups excluding carboxylic acids is 1. The van der Waals surface area contributed by atoms with Crippen molar-refractivity contribution >= 4 is 5.91 Å². The fourth-order valence-electron chi connectivity index (χ4n) is 2.91. The van der Waals surface area contributed by atoms with Gasteiger partial charge in [-0.15, -0.1) is 0 Å². The Bertz CT molecular complexity index is 693. The van der Waals surface area contributed by atoms with E-state index in [4.69, 9.17) is 4.74 Å². The summed E-state index contributed by atoms with van der Waals surface area (Å²) in [4.78, 5) is 19.1. The number of amides is 1. The van der Waals surface area contributed by atoms with Crippen molar-refractivity contribution in [1.29, 1.82) is 0 Å². The molecule has 116 valence electrons. The van der Waals surface area contributed by atoms with Crippen LogP contribution in [0.25, 0.3) is 0 Å². The molecule has 1 aromatic heterocycles. The van der Waals surface area contributed by atoms with E-state index in [1.807, 2.05) is 60.8 Å². The second kappa shape index (κ2) is 5.93. The summed E-state index contributed by atoms with van der Waals surface area (Å²) in [6, 6.07) is 7.70. The highest BCUT2D eigenvalue weighted by Crippen LogP contribution is 2.23. The van der Waals surface area contributed by atoms with E-state index in [1.165, 1.54) is 0 Å². The molecule has 22 heavy (non-hydrogen) atoms. The van der Waals surface area contributed by atoms with E-state index in [-0.39, 0.29) is 12.0 Å². The topological polar surface area (TPSA) is 47.4 Å². The van der Waals surface area contributed by atoms with Crippen LogP contribution in [0.5, 0.6) is 0 Å². The van der Waals surface area contributed by atoms with Gasteiger partial charge in [0.1, 0.15) is 11.9 Å². The van der Waals surface area contributed by atoms with Gasteiger partial charge in [-0.2, -0.15) is 0 Å². The van der Waals surface area contributed by atoms with Gasteiger partial charge in [0, 0.05) is 25.4 Å². The van der Waals surface area contributed by atoms with Crippen LogP contribution in [-0.4, -0.2) is 40.1 Å². The number of carbonyl (C=O) groups is 1. The van der Waals surface area contributed by atoms with Gasteiger partial charge in [-0.05, 0) is 25.5 Å². The Morgan fingerprint density at radius 3 is 2.77 bits per heavy atom. The van der Waals surface area contributed by atoms with Gasteiger partial charge in [-0.25, -0.2) is 4.98 Å². The number of rotatable bonds is 2. The molecule has 1 saturated heterocycles. The number of aryl methyl sites for hydroxylation is 3. The molecule has 1 fully saturated rings. The minimum Gasteiger partial charge on any atom is -0.367 e. The quantitative estimate of drug-likeness (QED) is 0.854. The van der Waals surface area contributed by atoms with Crippen molar-refractivity contribution in [2.45, 2.75) is 20.0 Å². The number of aromatic nitrogens is 2. The Kier molecular flexibility index (Phi) is 3.98. The molecule has 1 aliphatic rings. The largest absolute Gasteiger partial charge is 0.367 e. The fourth-order valence-corrected chi connectivity index (χ4v) is 2.91. The van der Waals surface area contributed by atoms with Crippen molar-refractivity contribution in [3.63, 3.8) is 0 Å². The Labute approximate surface area is 130 Å². The van der Waals surface area contributed by atoms with Crippen molar-refractivity contribution in [3.05, 3.63) is 53.1 Å². The Balaban J connectivity index is 1.80. The van der Waals surface area contributed by atoms with Gasteiger partial charge in [0.2, 0.25) is 0 Å². The van der Waals surface area contributed by atoms with E-state index in [1.54, 1.807) is 0 Å². The third kappa shape index (κ3) is 2.76. The predicted octanol–water partition coefficient (Wildman–Crippen LogP) is 2.25. The number of nitrogens with zero attached hydrogens (tertiary/aromatic N) is 3. The molecule has 1 atom stereocenters. The molecule has 1 aliphatic heterocycles. The minimum atomic E-state index is -0.166. The van der Waals surface area contributed by atoms with Gasteiger partial charge in [-0.3, -0.25) is 4.79 Å². The van der Waals surface area contributed by atoms with E-state index in [0.29, 0.717) is 19.7 Å². The van der Waals surface area contributed by atoms with Crippen LogP contribution in [-0.2, 0) is 11.8 Å². The molecular formula is C17H21N3O2. The lowest BCUT2D eigenvalue weighted by molar-refractivity contribution is -0.0279. The molecule has 1 aromatic carbocycles. The number of ether oxygens (including phenoxy) is 1. The highest BCUT2D eigenvalue weighted by molar-refractivity contribution is 5.95. The number of benzene rings is 1.